The average Bonchev–Trinajstić information content (AvgIpc) is 2.37. The molecule has 0 heterocycles. The molecule has 0 amide bonds. The summed E-state index contributed by atoms with van der Waals surface area (Å²) in [7, 11) is 0. The van der Waals surface area contributed by atoms with Gasteiger partial charge in [0, 0.05) is 11.7 Å². The summed E-state index contributed by atoms with van der Waals surface area (Å²) in [5, 5.41) is 20.1. The monoisotopic (exact) mass is 267 g/mol. The Bertz CT molecular complexity index is 523. The molecular formula is C13H12F3N3. The first-order valence-corrected chi connectivity index (χ1v) is 5.67. The summed E-state index contributed by atoms with van der Waals surface area (Å²) >= 11 is 0. The fourth-order valence-electron chi connectivity index (χ4n) is 1.61. The maximum atomic E-state index is 12.8. The number of benzene rings is 1. The van der Waals surface area contributed by atoms with Crippen molar-refractivity contribution < 1.29 is 13.2 Å². The average molecular weight is 267 g/mol. The van der Waals surface area contributed by atoms with Gasteiger partial charge in [0.15, 0.2) is 0 Å². The summed E-state index contributed by atoms with van der Waals surface area (Å²) in [4.78, 5) is 0. The van der Waals surface area contributed by atoms with Gasteiger partial charge in [-0.2, -0.15) is 23.7 Å². The van der Waals surface area contributed by atoms with Gasteiger partial charge in [-0.15, -0.1) is 0 Å². The van der Waals surface area contributed by atoms with Crippen LogP contribution in [0.3, 0.4) is 0 Å². The number of nitriles is 2. The summed E-state index contributed by atoms with van der Waals surface area (Å²) in [6, 6.07) is 6.72. The minimum atomic E-state index is -4.57. The molecule has 1 atom stereocenters. The van der Waals surface area contributed by atoms with Gasteiger partial charge in [0.2, 0.25) is 0 Å². The third kappa shape index (κ3) is 3.89. The minimum absolute atomic E-state index is 0.206. The van der Waals surface area contributed by atoms with Crippen LogP contribution in [0.1, 0.15) is 30.9 Å². The second-order valence-electron chi connectivity index (χ2n) is 3.98. The van der Waals surface area contributed by atoms with Crippen LogP contribution in [0.25, 0.3) is 0 Å². The second-order valence-corrected chi connectivity index (χ2v) is 3.98. The van der Waals surface area contributed by atoms with E-state index in [2.05, 4.69) is 5.32 Å². The van der Waals surface area contributed by atoms with Crippen molar-refractivity contribution in [1.82, 2.24) is 0 Å². The molecule has 100 valence electrons. The van der Waals surface area contributed by atoms with Crippen LogP contribution < -0.4 is 5.32 Å². The summed E-state index contributed by atoms with van der Waals surface area (Å²) in [6.07, 6.45) is -3.74. The van der Waals surface area contributed by atoms with E-state index in [-0.39, 0.29) is 18.2 Å². The molecule has 0 radical (unpaired) electrons. The van der Waals surface area contributed by atoms with Gasteiger partial charge in [-0.05, 0) is 24.6 Å². The molecule has 0 saturated carbocycles. The van der Waals surface area contributed by atoms with Crippen molar-refractivity contribution >= 4 is 5.69 Å². The van der Waals surface area contributed by atoms with Gasteiger partial charge in [-0.1, -0.05) is 6.92 Å². The number of hydrogen-bond donors (Lipinski definition) is 1. The topological polar surface area (TPSA) is 59.6 Å². The smallest absolute Gasteiger partial charge is 0.381 e. The zero-order chi connectivity index (χ0) is 14.5. The Morgan fingerprint density at radius 2 is 2.00 bits per heavy atom. The SMILES string of the molecule is CCC(CC#N)Nc1ccc(C#N)c(C(F)(F)F)c1. The predicted molar refractivity (Wildman–Crippen MR) is 64.1 cm³/mol. The van der Waals surface area contributed by atoms with E-state index in [0.717, 1.165) is 12.1 Å². The molecule has 0 fully saturated rings. The third-order valence-electron chi connectivity index (χ3n) is 2.65. The molecule has 1 unspecified atom stereocenters. The molecule has 6 heteroatoms. The molecule has 0 saturated heterocycles. The molecule has 0 bridgehead atoms. The van der Waals surface area contributed by atoms with E-state index < -0.39 is 17.3 Å². The highest BCUT2D eigenvalue weighted by atomic mass is 19.4. The first-order chi connectivity index (χ1) is 8.92. The van der Waals surface area contributed by atoms with Crippen molar-refractivity contribution in [2.45, 2.75) is 32.0 Å². The standard InChI is InChI=1S/C13H12F3N3/c1-2-10(5-6-17)19-11-4-3-9(8-18)12(7-11)13(14,15)16/h3-4,7,10,19H,2,5H2,1H3. The van der Waals surface area contributed by atoms with Crippen LogP contribution in [0.4, 0.5) is 18.9 Å². The first-order valence-electron chi connectivity index (χ1n) is 5.67. The number of hydrogen-bond acceptors (Lipinski definition) is 3. The molecule has 1 rings (SSSR count). The van der Waals surface area contributed by atoms with Crippen LogP contribution in [0.5, 0.6) is 0 Å². The van der Waals surface area contributed by atoms with Crippen molar-refractivity contribution in [2.24, 2.45) is 0 Å². The van der Waals surface area contributed by atoms with Crippen LogP contribution in [-0.2, 0) is 6.18 Å². The molecular weight excluding hydrogens is 255 g/mol. The molecule has 3 nitrogen and oxygen atoms in total. The van der Waals surface area contributed by atoms with Crippen LogP contribution in [0.2, 0.25) is 0 Å². The number of nitrogens with one attached hydrogen (secondary N) is 1. The fraction of sp³-hybridized carbons (Fsp3) is 0.385. The van der Waals surface area contributed by atoms with Gasteiger partial charge < -0.3 is 5.32 Å². The lowest BCUT2D eigenvalue weighted by molar-refractivity contribution is -0.137. The Morgan fingerprint density at radius 1 is 1.32 bits per heavy atom. The van der Waals surface area contributed by atoms with Crippen LogP contribution >= 0.6 is 0 Å². The third-order valence-corrected chi connectivity index (χ3v) is 2.65. The van der Waals surface area contributed by atoms with Gasteiger partial charge >= 0.3 is 6.18 Å². The molecule has 19 heavy (non-hydrogen) atoms. The van der Waals surface area contributed by atoms with E-state index in [0.29, 0.717) is 6.42 Å². The van der Waals surface area contributed by atoms with Crippen LogP contribution in [0.15, 0.2) is 18.2 Å². The van der Waals surface area contributed by atoms with Gasteiger partial charge in [-0.3, -0.25) is 0 Å². The predicted octanol–water partition coefficient (Wildman–Crippen LogP) is 3.68. The zero-order valence-corrected chi connectivity index (χ0v) is 10.3. The first kappa shape index (κ1) is 14.8. The highest BCUT2D eigenvalue weighted by molar-refractivity contribution is 5.53. The van der Waals surface area contributed by atoms with Gasteiger partial charge in [0.25, 0.3) is 0 Å². The van der Waals surface area contributed by atoms with E-state index in [4.69, 9.17) is 10.5 Å². The number of anilines is 1. The summed E-state index contributed by atoms with van der Waals surface area (Å²) in [5.41, 5.74) is -1.12. The Kier molecular flexibility index (Phi) is 4.77. The molecule has 0 spiro atoms. The van der Waals surface area contributed by atoms with Gasteiger partial charge in [-0.25, -0.2) is 0 Å². The van der Waals surface area contributed by atoms with Crippen molar-refractivity contribution in [3.05, 3.63) is 29.3 Å². The molecule has 1 aromatic carbocycles. The van der Waals surface area contributed by atoms with Crippen molar-refractivity contribution in [1.29, 1.82) is 10.5 Å². The maximum absolute atomic E-state index is 12.8. The van der Waals surface area contributed by atoms with E-state index in [1.54, 1.807) is 0 Å². The summed E-state index contributed by atoms with van der Waals surface area (Å²) in [6.45, 7) is 1.84. The number of alkyl halides is 3. The van der Waals surface area contributed by atoms with E-state index in [9.17, 15) is 13.2 Å². The van der Waals surface area contributed by atoms with E-state index in [1.165, 1.54) is 12.1 Å². The lowest BCUT2D eigenvalue weighted by atomic mass is 10.1. The molecule has 0 aliphatic heterocycles. The van der Waals surface area contributed by atoms with Gasteiger partial charge in [0.05, 0.1) is 29.7 Å². The van der Waals surface area contributed by atoms with Crippen molar-refractivity contribution in [2.75, 3.05) is 5.32 Å². The fourth-order valence-corrected chi connectivity index (χ4v) is 1.61. The Labute approximate surface area is 109 Å². The highest BCUT2D eigenvalue weighted by Crippen LogP contribution is 2.33. The molecule has 0 aliphatic carbocycles. The van der Waals surface area contributed by atoms with E-state index >= 15 is 0 Å². The van der Waals surface area contributed by atoms with Crippen LogP contribution in [-0.4, -0.2) is 6.04 Å². The highest BCUT2D eigenvalue weighted by Gasteiger charge is 2.33. The van der Waals surface area contributed by atoms with Crippen LogP contribution in [0, 0.1) is 22.7 Å². The molecule has 1 aromatic rings. The largest absolute Gasteiger partial charge is 0.417 e. The molecule has 0 aliphatic rings. The Morgan fingerprint density at radius 3 is 2.47 bits per heavy atom. The maximum Gasteiger partial charge on any atom is 0.417 e. The lowest BCUT2D eigenvalue weighted by Crippen LogP contribution is -2.18. The summed E-state index contributed by atoms with van der Waals surface area (Å²) in [5.74, 6) is 0. The summed E-state index contributed by atoms with van der Waals surface area (Å²) < 4.78 is 38.3. The quantitative estimate of drug-likeness (QED) is 0.905. The van der Waals surface area contributed by atoms with E-state index in [1.807, 2.05) is 13.0 Å². The Hall–Kier alpha value is -2.21. The normalized spacial score (nSPS) is 12.3. The molecule has 1 N–H and O–H groups in total. The number of nitrogens with zero attached hydrogens (tertiary/aromatic N) is 2. The van der Waals surface area contributed by atoms with Crippen molar-refractivity contribution in [3.63, 3.8) is 0 Å². The zero-order valence-electron chi connectivity index (χ0n) is 10.3. The van der Waals surface area contributed by atoms with Crippen molar-refractivity contribution in [3.8, 4) is 12.1 Å². The Balaban J connectivity index is 3.06. The molecule has 0 aromatic heterocycles. The lowest BCUT2D eigenvalue weighted by Gasteiger charge is -2.17. The number of rotatable bonds is 4. The number of halogens is 3. The minimum Gasteiger partial charge on any atom is -0.381 e. The van der Waals surface area contributed by atoms with Gasteiger partial charge in [0.1, 0.15) is 0 Å². The second kappa shape index (κ2) is 6.10.